The highest BCUT2D eigenvalue weighted by Crippen LogP contribution is 2.21. The maximum absolute atomic E-state index is 11.7. The Labute approximate surface area is 111 Å². The van der Waals surface area contributed by atoms with Crippen LogP contribution in [0.2, 0.25) is 5.02 Å². The van der Waals surface area contributed by atoms with E-state index in [1.54, 1.807) is 10.9 Å². The van der Waals surface area contributed by atoms with E-state index in [0.717, 1.165) is 0 Å². The third-order valence-corrected chi connectivity index (χ3v) is 3.04. The van der Waals surface area contributed by atoms with Gasteiger partial charge in [0, 0.05) is 11.1 Å². The number of carbonyl (C=O) groups is 2. The molecule has 7 heteroatoms. The first kappa shape index (κ1) is 12.5. The van der Waals surface area contributed by atoms with Gasteiger partial charge in [0.15, 0.2) is 0 Å². The normalized spacial score (nSPS) is 10.1. The smallest absolute Gasteiger partial charge is 0.337 e. The molecule has 5 nitrogen and oxygen atoms in total. The minimum atomic E-state index is -1.15. The fourth-order valence-corrected chi connectivity index (χ4v) is 2.02. The van der Waals surface area contributed by atoms with Gasteiger partial charge in [-0.25, -0.2) is 9.78 Å². The molecule has 0 aliphatic carbocycles. The lowest BCUT2D eigenvalue weighted by Crippen LogP contribution is -2.12. The van der Waals surface area contributed by atoms with Crippen LogP contribution in [0, 0.1) is 0 Å². The molecule has 0 spiro atoms. The molecule has 2 N–H and O–H groups in total. The topological polar surface area (TPSA) is 79.3 Å². The monoisotopic (exact) mass is 282 g/mol. The molecule has 0 unspecified atom stereocenters. The second kappa shape index (κ2) is 5.16. The number of thiazole rings is 1. The number of anilines is 1. The number of aromatic nitrogens is 1. The summed E-state index contributed by atoms with van der Waals surface area (Å²) in [5.74, 6) is -1.54. The van der Waals surface area contributed by atoms with Gasteiger partial charge < -0.3 is 10.4 Å². The standard InChI is InChI=1S/C11H7ClN2O3S/c12-8-2-1-6(3-7(8)11(16)17)14-10(15)9-4-18-5-13-9/h1-5H,(H,14,15)(H,16,17). The molecule has 0 radical (unpaired) electrons. The Bertz CT molecular complexity index is 598. The molecule has 0 atom stereocenters. The highest BCUT2D eigenvalue weighted by molar-refractivity contribution is 7.07. The highest BCUT2D eigenvalue weighted by atomic mass is 35.5. The summed E-state index contributed by atoms with van der Waals surface area (Å²) in [6.45, 7) is 0. The number of nitrogens with zero attached hydrogens (tertiary/aromatic N) is 1. The van der Waals surface area contributed by atoms with E-state index < -0.39 is 11.9 Å². The number of hydrogen-bond acceptors (Lipinski definition) is 4. The van der Waals surface area contributed by atoms with Crippen molar-refractivity contribution < 1.29 is 14.7 Å². The van der Waals surface area contributed by atoms with Crippen LogP contribution in [0.4, 0.5) is 5.69 Å². The summed E-state index contributed by atoms with van der Waals surface area (Å²) in [6.07, 6.45) is 0. The lowest BCUT2D eigenvalue weighted by molar-refractivity contribution is 0.0696. The number of amides is 1. The number of halogens is 1. The first-order valence-corrected chi connectivity index (χ1v) is 6.12. The second-order valence-electron chi connectivity index (χ2n) is 3.33. The van der Waals surface area contributed by atoms with Gasteiger partial charge in [-0.3, -0.25) is 4.79 Å². The molecule has 2 aromatic rings. The molecular weight excluding hydrogens is 276 g/mol. The lowest BCUT2D eigenvalue weighted by atomic mass is 10.2. The van der Waals surface area contributed by atoms with E-state index in [-0.39, 0.29) is 16.3 Å². The predicted molar refractivity (Wildman–Crippen MR) is 68.5 cm³/mol. The summed E-state index contributed by atoms with van der Waals surface area (Å²) >= 11 is 7.02. The van der Waals surface area contributed by atoms with Crippen molar-refractivity contribution in [3.63, 3.8) is 0 Å². The van der Waals surface area contributed by atoms with Crippen molar-refractivity contribution in [3.05, 3.63) is 45.4 Å². The molecular formula is C11H7ClN2O3S. The number of rotatable bonds is 3. The first-order chi connectivity index (χ1) is 8.58. The SMILES string of the molecule is O=C(Nc1ccc(Cl)c(C(=O)O)c1)c1cscn1. The molecule has 0 bridgehead atoms. The maximum atomic E-state index is 11.7. The number of carboxylic acid groups (broad SMARTS) is 1. The highest BCUT2D eigenvalue weighted by Gasteiger charge is 2.12. The van der Waals surface area contributed by atoms with Gasteiger partial charge in [-0.2, -0.15) is 0 Å². The van der Waals surface area contributed by atoms with Crippen molar-refractivity contribution in [2.24, 2.45) is 0 Å². The van der Waals surface area contributed by atoms with E-state index in [1.165, 1.54) is 29.5 Å². The Morgan fingerprint density at radius 2 is 2.17 bits per heavy atom. The summed E-state index contributed by atoms with van der Waals surface area (Å²) in [6, 6.07) is 4.25. The molecule has 92 valence electrons. The second-order valence-corrected chi connectivity index (χ2v) is 4.45. The Hall–Kier alpha value is -1.92. The van der Waals surface area contributed by atoms with E-state index >= 15 is 0 Å². The Balaban J connectivity index is 2.22. The van der Waals surface area contributed by atoms with E-state index in [9.17, 15) is 9.59 Å². The third-order valence-electron chi connectivity index (χ3n) is 2.12. The van der Waals surface area contributed by atoms with Crippen LogP contribution in [-0.2, 0) is 0 Å². The van der Waals surface area contributed by atoms with Crippen LogP contribution < -0.4 is 5.32 Å². The van der Waals surface area contributed by atoms with E-state index in [4.69, 9.17) is 16.7 Å². The molecule has 0 saturated carbocycles. The van der Waals surface area contributed by atoms with Gasteiger partial charge in [-0.15, -0.1) is 11.3 Å². The zero-order valence-corrected chi connectivity index (χ0v) is 10.5. The Kier molecular flexibility index (Phi) is 3.59. The average molecular weight is 283 g/mol. The first-order valence-electron chi connectivity index (χ1n) is 4.80. The number of nitrogens with one attached hydrogen (secondary N) is 1. The number of carbonyl (C=O) groups excluding carboxylic acids is 1. The largest absolute Gasteiger partial charge is 0.478 e. The summed E-state index contributed by atoms with van der Waals surface area (Å²) < 4.78 is 0. The number of hydrogen-bond donors (Lipinski definition) is 2. The average Bonchev–Trinajstić information content (AvgIpc) is 2.85. The van der Waals surface area contributed by atoms with Crippen LogP contribution in [0.1, 0.15) is 20.8 Å². The molecule has 1 aromatic heterocycles. The molecule has 0 fully saturated rings. The molecule has 0 saturated heterocycles. The molecule has 1 amide bonds. The van der Waals surface area contributed by atoms with E-state index in [1.807, 2.05) is 0 Å². The van der Waals surface area contributed by atoms with Gasteiger partial charge in [0.25, 0.3) is 5.91 Å². The maximum Gasteiger partial charge on any atom is 0.337 e. The van der Waals surface area contributed by atoms with Crippen LogP contribution in [0.5, 0.6) is 0 Å². The number of carboxylic acids is 1. The van der Waals surface area contributed by atoms with Gasteiger partial charge in [0.05, 0.1) is 16.1 Å². The third kappa shape index (κ3) is 2.66. The van der Waals surface area contributed by atoms with E-state index in [0.29, 0.717) is 5.69 Å². The molecule has 1 aromatic carbocycles. The van der Waals surface area contributed by atoms with Gasteiger partial charge >= 0.3 is 5.97 Å². The van der Waals surface area contributed by atoms with Crippen molar-refractivity contribution in [1.29, 1.82) is 0 Å². The fraction of sp³-hybridized carbons (Fsp3) is 0. The molecule has 18 heavy (non-hydrogen) atoms. The molecule has 1 heterocycles. The molecule has 0 aliphatic heterocycles. The quantitative estimate of drug-likeness (QED) is 0.907. The van der Waals surface area contributed by atoms with Crippen LogP contribution in [-0.4, -0.2) is 22.0 Å². The zero-order valence-electron chi connectivity index (χ0n) is 8.88. The lowest BCUT2D eigenvalue weighted by Gasteiger charge is -2.05. The van der Waals surface area contributed by atoms with Crippen molar-refractivity contribution in [2.75, 3.05) is 5.32 Å². The van der Waals surface area contributed by atoms with Crippen LogP contribution >= 0.6 is 22.9 Å². The predicted octanol–water partition coefficient (Wildman–Crippen LogP) is 2.75. The Morgan fingerprint density at radius 3 is 2.78 bits per heavy atom. The molecule has 2 rings (SSSR count). The molecule has 0 aliphatic rings. The van der Waals surface area contributed by atoms with Gasteiger partial charge in [0.1, 0.15) is 5.69 Å². The van der Waals surface area contributed by atoms with Crippen LogP contribution in [0.25, 0.3) is 0 Å². The minimum Gasteiger partial charge on any atom is -0.478 e. The van der Waals surface area contributed by atoms with Crippen molar-refractivity contribution in [1.82, 2.24) is 4.98 Å². The van der Waals surface area contributed by atoms with E-state index in [2.05, 4.69) is 10.3 Å². The summed E-state index contributed by atoms with van der Waals surface area (Å²) in [7, 11) is 0. The minimum absolute atomic E-state index is 0.0623. The number of aromatic carboxylic acids is 1. The summed E-state index contributed by atoms with van der Waals surface area (Å²) in [5, 5.41) is 13.2. The summed E-state index contributed by atoms with van der Waals surface area (Å²) in [4.78, 5) is 26.4. The van der Waals surface area contributed by atoms with Crippen molar-refractivity contribution >= 4 is 40.5 Å². The Morgan fingerprint density at radius 1 is 1.39 bits per heavy atom. The number of benzene rings is 1. The van der Waals surface area contributed by atoms with Gasteiger partial charge in [-0.05, 0) is 18.2 Å². The van der Waals surface area contributed by atoms with Crippen molar-refractivity contribution in [3.8, 4) is 0 Å². The zero-order chi connectivity index (χ0) is 13.1. The summed E-state index contributed by atoms with van der Waals surface area (Å²) in [5.41, 5.74) is 2.12. The van der Waals surface area contributed by atoms with Gasteiger partial charge in [0.2, 0.25) is 0 Å². The van der Waals surface area contributed by atoms with Crippen LogP contribution in [0.15, 0.2) is 29.1 Å². The fourth-order valence-electron chi connectivity index (χ4n) is 1.29. The van der Waals surface area contributed by atoms with Crippen molar-refractivity contribution in [2.45, 2.75) is 0 Å². The van der Waals surface area contributed by atoms with Gasteiger partial charge in [-0.1, -0.05) is 11.6 Å². The van der Waals surface area contributed by atoms with Crippen LogP contribution in [0.3, 0.4) is 0 Å².